The number of anilines is 2. The number of nitrogens with zero attached hydrogens (tertiary/aromatic N) is 3. The van der Waals surface area contributed by atoms with Crippen LogP contribution in [0.3, 0.4) is 0 Å². The zero-order valence-electron chi connectivity index (χ0n) is 18.2. The third-order valence-electron chi connectivity index (χ3n) is 5.95. The Bertz CT molecular complexity index is 1080. The molecule has 1 heterocycles. The molecule has 0 saturated heterocycles. The molecule has 2 aromatic carbocycles. The predicted molar refractivity (Wildman–Crippen MR) is 122 cm³/mol. The van der Waals surface area contributed by atoms with E-state index in [0.717, 1.165) is 35.5 Å². The number of amides is 1. The Kier molecular flexibility index (Phi) is 6.16. The molecular formula is C25H26N4O3. The predicted octanol–water partition coefficient (Wildman–Crippen LogP) is 3.92. The van der Waals surface area contributed by atoms with Gasteiger partial charge >= 0.3 is 0 Å². The Balaban J connectivity index is 1.32. The van der Waals surface area contributed by atoms with E-state index in [9.17, 15) is 9.59 Å². The fourth-order valence-corrected chi connectivity index (χ4v) is 3.65. The quantitative estimate of drug-likeness (QED) is 0.518. The number of methoxy groups -OCH3 is 1. The highest BCUT2D eigenvalue weighted by atomic mass is 16.5. The first-order chi connectivity index (χ1) is 15.5. The van der Waals surface area contributed by atoms with Crippen molar-refractivity contribution in [3.05, 3.63) is 78.4 Å². The van der Waals surface area contributed by atoms with Crippen molar-refractivity contribution >= 4 is 23.1 Å². The first-order valence-corrected chi connectivity index (χ1v) is 10.5. The van der Waals surface area contributed by atoms with Crippen LogP contribution in [0.1, 0.15) is 35.2 Å². The van der Waals surface area contributed by atoms with Gasteiger partial charge in [0.1, 0.15) is 12.1 Å². The molecular weight excluding hydrogens is 404 g/mol. The zero-order valence-corrected chi connectivity index (χ0v) is 18.2. The standard InChI is InChI=1S/C25H26N4O3/c1-29(21-7-9-22(32-2)10-8-21)20-5-3-18(4-6-20)14-28-24(31)25(11-12-25)13-23(30)19-15-26-17-27-16-19/h3-10,15-17H,11-14H2,1-2H3,(H,28,31). The minimum absolute atomic E-state index is 0.0675. The van der Waals surface area contributed by atoms with E-state index in [-0.39, 0.29) is 18.1 Å². The van der Waals surface area contributed by atoms with Crippen LogP contribution in [0.2, 0.25) is 0 Å². The summed E-state index contributed by atoms with van der Waals surface area (Å²) in [5, 5.41) is 3.00. The summed E-state index contributed by atoms with van der Waals surface area (Å²) in [6.07, 6.45) is 6.02. The molecule has 32 heavy (non-hydrogen) atoms. The third-order valence-corrected chi connectivity index (χ3v) is 5.95. The average molecular weight is 431 g/mol. The van der Waals surface area contributed by atoms with Crippen LogP contribution in [0.25, 0.3) is 0 Å². The van der Waals surface area contributed by atoms with Crippen molar-refractivity contribution in [2.45, 2.75) is 25.8 Å². The van der Waals surface area contributed by atoms with Crippen molar-refractivity contribution in [3.8, 4) is 5.75 Å². The van der Waals surface area contributed by atoms with Gasteiger partial charge in [0.25, 0.3) is 0 Å². The Labute approximate surface area is 187 Å². The lowest BCUT2D eigenvalue weighted by Gasteiger charge is -2.20. The van der Waals surface area contributed by atoms with Gasteiger partial charge < -0.3 is 15.0 Å². The van der Waals surface area contributed by atoms with Gasteiger partial charge in [-0.05, 0) is 54.8 Å². The minimum atomic E-state index is -0.596. The molecule has 164 valence electrons. The van der Waals surface area contributed by atoms with Crippen molar-refractivity contribution in [2.24, 2.45) is 5.41 Å². The van der Waals surface area contributed by atoms with E-state index >= 15 is 0 Å². The van der Waals surface area contributed by atoms with E-state index in [1.165, 1.54) is 18.7 Å². The molecule has 0 unspecified atom stereocenters. The van der Waals surface area contributed by atoms with E-state index in [1.54, 1.807) is 7.11 Å². The Morgan fingerprint density at radius 1 is 1.00 bits per heavy atom. The molecule has 3 aromatic rings. The fourth-order valence-electron chi connectivity index (χ4n) is 3.65. The summed E-state index contributed by atoms with van der Waals surface area (Å²) < 4.78 is 5.21. The van der Waals surface area contributed by atoms with Crippen LogP contribution < -0.4 is 15.0 Å². The van der Waals surface area contributed by atoms with Gasteiger partial charge in [0.2, 0.25) is 5.91 Å². The molecule has 1 aliphatic carbocycles. The van der Waals surface area contributed by atoms with Gasteiger partial charge in [-0.2, -0.15) is 0 Å². The second-order valence-electron chi connectivity index (χ2n) is 8.11. The van der Waals surface area contributed by atoms with Crippen molar-refractivity contribution in [2.75, 3.05) is 19.1 Å². The molecule has 4 rings (SSSR count). The molecule has 0 radical (unpaired) electrons. The summed E-state index contributed by atoms with van der Waals surface area (Å²) in [7, 11) is 3.65. The number of carbonyl (C=O) groups excluding carboxylic acids is 2. The molecule has 1 fully saturated rings. The molecule has 0 aliphatic heterocycles. The molecule has 1 aliphatic rings. The van der Waals surface area contributed by atoms with Crippen molar-refractivity contribution in [3.63, 3.8) is 0 Å². The van der Waals surface area contributed by atoms with Crippen LogP contribution in [0, 0.1) is 5.41 Å². The number of aromatic nitrogens is 2. The molecule has 1 saturated carbocycles. The van der Waals surface area contributed by atoms with E-state index in [4.69, 9.17) is 4.74 Å². The summed E-state index contributed by atoms with van der Waals surface area (Å²) in [5.74, 6) is 0.659. The maximum absolute atomic E-state index is 12.8. The van der Waals surface area contributed by atoms with Crippen LogP contribution in [0.5, 0.6) is 5.75 Å². The monoisotopic (exact) mass is 430 g/mol. The van der Waals surface area contributed by atoms with Gasteiger partial charge in [0, 0.05) is 43.8 Å². The lowest BCUT2D eigenvalue weighted by atomic mass is 9.95. The highest BCUT2D eigenvalue weighted by molar-refractivity contribution is 6.00. The van der Waals surface area contributed by atoms with Gasteiger partial charge in [0.05, 0.1) is 18.1 Å². The summed E-state index contributed by atoms with van der Waals surface area (Å²) in [4.78, 5) is 35.1. The molecule has 0 atom stereocenters. The first-order valence-electron chi connectivity index (χ1n) is 10.5. The smallest absolute Gasteiger partial charge is 0.226 e. The number of benzene rings is 2. The van der Waals surface area contributed by atoms with Crippen LogP contribution in [0.4, 0.5) is 11.4 Å². The number of Topliss-reactive ketones (excluding diaryl/α,β-unsaturated/α-hetero) is 1. The van der Waals surface area contributed by atoms with E-state index in [2.05, 4.69) is 20.2 Å². The van der Waals surface area contributed by atoms with Gasteiger partial charge in [-0.15, -0.1) is 0 Å². The normalized spacial score (nSPS) is 13.8. The van der Waals surface area contributed by atoms with Crippen LogP contribution in [0.15, 0.2) is 67.3 Å². The summed E-state index contributed by atoms with van der Waals surface area (Å²) in [6.45, 7) is 0.426. The van der Waals surface area contributed by atoms with E-state index < -0.39 is 5.41 Å². The highest BCUT2D eigenvalue weighted by Crippen LogP contribution is 2.49. The van der Waals surface area contributed by atoms with E-state index in [1.807, 2.05) is 55.6 Å². The maximum atomic E-state index is 12.8. The van der Waals surface area contributed by atoms with E-state index in [0.29, 0.717) is 12.1 Å². The van der Waals surface area contributed by atoms with Gasteiger partial charge in [-0.3, -0.25) is 9.59 Å². The number of rotatable bonds is 9. The molecule has 7 heteroatoms. The Morgan fingerprint density at radius 3 is 2.16 bits per heavy atom. The summed E-state index contributed by atoms with van der Waals surface area (Å²) in [5.41, 5.74) is 2.95. The number of ketones is 1. The van der Waals surface area contributed by atoms with Gasteiger partial charge in [-0.25, -0.2) is 9.97 Å². The average Bonchev–Trinajstić information content (AvgIpc) is 3.63. The second kappa shape index (κ2) is 9.18. The van der Waals surface area contributed by atoms with Crippen LogP contribution in [-0.2, 0) is 11.3 Å². The molecule has 1 aromatic heterocycles. The summed E-state index contributed by atoms with van der Waals surface area (Å²) in [6, 6.07) is 15.9. The van der Waals surface area contributed by atoms with Gasteiger partial charge in [-0.1, -0.05) is 12.1 Å². The molecule has 1 amide bonds. The number of ether oxygens (including phenoxy) is 1. The zero-order chi connectivity index (χ0) is 22.6. The number of hydrogen-bond donors (Lipinski definition) is 1. The largest absolute Gasteiger partial charge is 0.497 e. The summed E-state index contributed by atoms with van der Waals surface area (Å²) >= 11 is 0. The van der Waals surface area contributed by atoms with Crippen molar-refractivity contribution < 1.29 is 14.3 Å². The Morgan fingerprint density at radius 2 is 1.59 bits per heavy atom. The lowest BCUT2D eigenvalue weighted by molar-refractivity contribution is -0.126. The topological polar surface area (TPSA) is 84.4 Å². The third kappa shape index (κ3) is 4.77. The minimum Gasteiger partial charge on any atom is -0.497 e. The Hall–Kier alpha value is -3.74. The molecule has 7 nitrogen and oxygen atoms in total. The van der Waals surface area contributed by atoms with Crippen LogP contribution >= 0.6 is 0 Å². The second-order valence-corrected chi connectivity index (χ2v) is 8.11. The first kappa shape index (κ1) is 21.5. The number of nitrogens with one attached hydrogen (secondary N) is 1. The van der Waals surface area contributed by atoms with Crippen LogP contribution in [-0.4, -0.2) is 35.8 Å². The maximum Gasteiger partial charge on any atom is 0.226 e. The van der Waals surface area contributed by atoms with Gasteiger partial charge in [0.15, 0.2) is 5.78 Å². The lowest BCUT2D eigenvalue weighted by Crippen LogP contribution is -2.33. The molecule has 1 N–H and O–H groups in total. The van der Waals surface area contributed by atoms with Crippen molar-refractivity contribution in [1.29, 1.82) is 0 Å². The number of hydrogen-bond acceptors (Lipinski definition) is 6. The van der Waals surface area contributed by atoms with Crippen molar-refractivity contribution in [1.82, 2.24) is 15.3 Å². The highest BCUT2D eigenvalue weighted by Gasteiger charge is 2.50. The number of carbonyl (C=O) groups is 2. The SMILES string of the molecule is COc1ccc(N(C)c2ccc(CNC(=O)C3(CC(=O)c4cncnc4)CC3)cc2)cc1. The molecule has 0 bridgehead atoms. The fraction of sp³-hybridized carbons (Fsp3) is 0.280. The molecule has 0 spiro atoms.